The molecule has 0 saturated carbocycles. The molecule has 0 saturated heterocycles. The van der Waals surface area contributed by atoms with Gasteiger partial charge in [-0.25, -0.2) is 0 Å². The van der Waals surface area contributed by atoms with Crippen molar-refractivity contribution in [2.24, 2.45) is 0 Å². The summed E-state index contributed by atoms with van der Waals surface area (Å²) in [5, 5.41) is 3.10. The smallest absolute Gasteiger partial charge is 0.310 e. The first-order valence-electron chi connectivity index (χ1n) is 6.29. The molecular formula is C15H18F3N. The Labute approximate surface area is 112 Å². The summed E-state index contributed by atoms with van der Waals surface area (Å²) in [5.41, 5.74) is -0.264. The molecule has 104 valence electrons. The van der Waals surface area contributed by atoms with Gasteiger partial charge in [-0.3, -0.25) is 0 Å². The number of rotatable bonds is 5. The van der Waals surface area contributed by atoms with Crippen LogP contribution in [-0.4, -0.2) is 6.54 Å². The van der Waals surface area contributed by atoms with Crippen molar-refractivity contribution in [3.05, 3.63) is 35.4 Å². The summed E-state index contributed by atoms with van der Waals surface area (Å²) in [6.45, 7) is 4.23. The maximum absolute atomic E-state index is 13.0. The fraction of sp³-hybridized carbons (Fsp3) is 0.467. The van der Waals surface area contributed by atoms with Crippen LogP contribution in [0.25, 0.3) is 0 Å². The normalized spacial score (nSPS) is 12.7. The van der Waals surface area contributed by atoms with E-state index in [1.807, 2.05) is 6.92 Å². The van der Waals surface area contributed by atoms with E-state index < -0.39 is 11.7 Å². The SMILES string of the molecule is CC#CCCC(NCC)c1ccccc1C(F)(F)F. The molecule has 0 aliphatic rings. The summed E-state index contributed by atoms with van der Waals surface area (Å²) >= 11 is 0. The second kappa shape index (κ2) is 7.20. The number of hydrogen-bond donors (Lipinski definition) is 1. The molecule has 0 amide bonds. The molecule has 19 heavy (non-hydrogen) atoms. The van der Waals surface area contributed by atoms with Crippen molar-refractivity contribution in [3.63, 3.8) is 0 Å². The molecule has 0 aliphatic carbocycles. The number of benzene rings is 1. The minimum Gasteiger partial charge on any atom is -0.310 e. The average molecular weight is 269 g/mol. The topological polar surface area (TPSA) is 12.0 Å². The standard InChI is InChI=1S/C15H18F3N/c1-3-5-6-11-14(19-4-2)12-9-7-8-10-13(12)15(16,17)18/h7-10,14,19H,4,6,11H2,1-2H3. The monoisotopic (exact) mass is 269 g/mol. The summed E-state index contributed by atoms with van der Waals surface area (Å²) in [6, 6.07) is 5.41. The Bertz CT molecular complexity index is 454. The summed E-state index contributed by atoms with van der Waals surface area (Å²) in [6.07, 6.45) is -3.16. The van der Waals surface area contributed by atoms with Crippen molar-refractivity contribution in [1.82, 2.24) is 5.32 Å². The van der Waals surface area contributed by atoms with Gasteiger partial charge >= 0.3 is 6.18 Å². The lowest BCUT2D eigenvalue weighted by atomic mass is 9.96. The molecule has 4 heteroatoms. The third-order valence-electron chi connectivity index (χ3n) is 2.83. The highest BCUT2D eigenvalue weighted by molar-refractivity contribution is 5.32. The Morgan fingerprint density at radius 3 is 2.53 bits per heavy atom. The van der Waals surface area contributed by atoms with E-state index in [9.17, 15) is 13.2 Å². The second-order valence-electron chi connectivity index (χ2n) is 4.16. The van der Waals surface area contributed by atoms with E-state index in [-0.39, 0.29) is 6.04 Å². The van der Waals surface area contributed by atoms with Crippen LogP contribution in [0.2, 0.25) is 0 Å². The van der Waals surface area contributed by atoms with Crippen molar-refractivity contribution in [2.45, 2.75) is 38.9 Å². The predicted molar refractivity (Wildman–Crippen MR) is 70.5 cm³/mol. The summed E-state index contributed by atoms with van der Waals surface area (Å²) in [4.78, 5) is 0. The maximum Gasteiger partial charge on any atom is 0.416 e. The lowest BCUT2D eigenvalue weighted by Gasteiger charge is -2.21. The average Bonchev–Trinajstić information content (AvgIpc) is 2.37. The van der Waals surface area contributed by atoms with Crippen molar-refractivity contribution >= 4 is 0 Å². The van der Waals surface area contributed by atoms with E-state index in [0.29, 0.717) is 24.9 Å². The van der Waals surface area contributed by atoms with Crippen LogP contribution in [0.15, 0.2) is 24.3 Å². The molecule has 0 aromatic heterocycles. The summed E-state index contributed by atoms with van der Waals surface area (Å²) in [5.74, 6) is 5.66. The Balaban J connectivity index is 3.03. The van der Waals surface area contributed by atoms with Crippen molar-refractivity contribution in [1.29, 1.82) is 0 Å². The van der Waals surface area contributed by atoms with Crippen molar-refractivity contribution in [3.8, 4) is 11.8 Å². The third-order valence-corrected chi connectivity index (χ3v) is 2.83. The van der Waals surface area contributed by atoms with Gasteiger partial charge in [0, 0.05) is 12.5 Å². The van der Waals surface area contributed by atoms with E-state index in [0.717, 1.165) is 6.07 Å². The van der Waals surface area contributed by atoms with E-state index in [2.05, 4.69) is 17.2 Å². The van der Waals surface area contributed by atoms with Gasteiger partial charge < -0.3 is 5.32 Å². The van der Waals surface area contributed by atoms with Gasteiger partial charge in [-0.1, -0.05) is 25.1 Å². The minimum atomic E-state index is -4.32. The Morgan fingerprint density at radius 1 is 1.26 bits per heavy atom. The van der Waals surface area contributed by atoms with E-state index >= 15 is 0 Å². The van der Waals surface area contributed by atoms with Crippen LogP contribution < -0.4 is 5.32 Å². The van der Waals surface area contributed by atoms with Gasteiger partial charge in [-0.2, -0.15) is 13.2 Å². The highest BCUT2D eigenvalue weighted by Gasteiger charge is 2.34. The van der Waals surface area contributed by atoms with Gasteiger partial charge in [0.25, 0.3) is 0 Å². The molecule has 0 spiro atoms. The molecule has 0 aliphatic heterocycles. The molecule has 1 N–H and O–H groups in total. The Hall–Kier alpha value is -1.47. The highest BCUT2D eigenvalue weighted by atomic mass is 19.4. The van der Waals surface area contributed by atoms with Crippen LogP contribution in [0.1, 0.15) is 43.9 Å². The molecular weight excluding hydrogens is 251 g/mol. The van der Waals surface area contributed by atoms with E-state index in [4.69, 9.17) is 0 Å². The molecule has 1 rings (SSSR count). The number of nitrogens with one attached hydrogen (secondary N) is 1. The van der Waals surface area contributed by atoms with Crippen LogP contribution in [0.3, 0.4) is 0 Å². The van der Waals surface area contributed by atoms with Crippen LogP contribution in [0, 0.1) is 11.8 Å². The predicted octanol–water partition coefficient (Wildman–Crippen LogP) is 4.16. The lowest BCUT2D eigenvalue weighted by molar-refractivity contribution is -0.138. The zero-order valence-corrected chi connectivity index (χ0v) is 11.1. The molecule has 1 atom stereocenters. The molecule has 1 nitrogen and oxygen atoms in total. The summed E-state index contributed by atoms with van der Waals surface area (Å²) < 4.78 is 38.9. The van der Waals surface area contributed by atoms with Crippen LogP contribution in [-0.2, 0) is 6.18 Å². The Kier molecular flexibility index (Phi) is 5.91. The quantitative estimate of drug-likeness (QED) is 0.791. The largest absolute Gasteiger partial charge is 0.416 e. The van der Waals surface area contributed by atoms with Crippen molar-refractivity contribution < 1.29 is 13.2 Å². The molecule has 0 bridgehead atoms. The number of hydrogen-bond acceptors (Lipinski definition) is 1. The van der Waals surface area contributed by atoms with Gasteiger partial charge in [-0.15, -0.1) is 11.8 Å². The number of alkyl halides is 3. The maximum atomic E-state index is 13.0. The van der Waals surface area contributed by atoms with Gasteiger partial charge in [0.1, 0.15) is 0 Å². The second-order valence-corrected chi connectivity index (χ2v) is 4.16. The lowest BCUT2D eigenvalue weighted by Crippen LogP contribution is -2.24. The van der Waals surface area contributed by atoms with Gasteiger partial charge in [0.05, 0.1) is 5.56 Å². The third kappa shape index (κ3) is 4.60. The van der Waals surface area contributed by atoms with E-state index in [1.54, 1.807) is 13.0 Å². The molecule has 1 aromatic rings. The minimum absolute atomic E-state index is 0.301. The first-order valence-corrected chi connectivity index (χ1v) is 6.29. The first-order chi connectivity index (χ1) is 9.00. The van der Waals surface area contributed by atoms with Gasteiger partial charge in [-0.05, 0) is 31.5 Å². The van der Waals surface area contributed by atoms with Gasteiger partial charge in [0.15, 0.2) is 0 Å². The molecule has 0 heterocycles. The van der Waals surface area contributed by atoms with Crippen LogP contribution >= 0.6 is 0 Å². The molecule has 0 radical (unpaired) electrons. The molecule has 1 unspecified atom stereocenters. The number of halogens is 3. The zero-order chi connectivity index (χ0) is 14.3. The summed E-state index contributed by atoms with van der Waals surface area (Å²) in [7, 11) is 0. The fourth-order valence-corrected chi connectivity index (χ4v) is 2.01. The fourth-order valence-electron chi connectivity index (χ4n) is 2.01. The molecule has 1 aromatic carbocycles. The van der Waals surface area contributed by atoms with Crippen molar-refractivity contribution in [2.75, 3.05) is 6.54 Å². The zero-order valence-electron chi connectivity index (χ0n) is 11.1. The molecule has 0 fully saturated rings. The van der Waals surface area contributed by atoms with Crippen LogP contribution in [0.5, 0.6) is 0 Å². The van der Waals surface area contributed by atoms with Crippen LogP contribution in [0.4, 0.5) is 13.2 Å². The Morgan fingerprint density at radius 2 is 1.95 bits per heavy atom. The first kappa shape index (κ1) is 15.6. The van der Waals surface area contributed by atoms with Gasteiger partial charge in [0.2, 0.25) is 0 Å². The highest BCUT2D eigenvalue weighted by Crippen LogP contribution is 2.35. The van der Waals surface area contributed by atoms with E-state index in [1.165, 1.54) is 12.1 Å².